The van der Waals surface area contributed by atoms with E-state index in [1.54, 1.807) is 6.20 Å². The molecular formula is C19H21IN4O. The lowest BCUT2D eigenvalue weighted by atomic mass is 10.1. The van der Waals surface area contributed by atoms with Crippen molar-refractivity contribution in [3.05, 3.63) is 71.7 Å². The summed E-state index contributed by atoms with van der Waals surface area (Å²) in [5.74, 6) is 1.58. The number of rotatable bonds is 4. The van der Waals surface area contributed by atoms with Gasteiger partial charge in [0.05, 0.1) is 6.20 Å². The van der Waals surface area contributed by atoms with Gasteiger partial charge in [0.15, 0.2) is 11.7 Å². The van der Waals surface area contributed by atoms with Crippen molar-refractivity contribution >= 4 is 35.6 Å². The van der Waals surface area contributed by atoms with E-state index >= 15 is 0 Å². The van der Waals surface area contributed by atoms with Gasteiger partial charge in [0.1, 0.15) is 6.54 Å². The zero-order valence-corrected chi connectivity index (χ0v) is 16.5. The van der Waals surface area contributed by atoms with Crippen LogP contribution in [0.1, 0.15) is 17.0 Å². The second-order valence-electron chi connectivity index (χ2n) is 5.61. The molecule has 1 aromatic heterocycles. The number of nitrogens with zero attached hydrogens (tertiary/aromatic N) is 2. The summed E-state index contributed by atoms with van der Waals surface area (Å²) >= 11 is 0. The molecule has 0 bridgehead atoms. The topological polar surface area (TPSA) is 76.4 Å². The van der Waals surface area contributed by atoms with Crippen LogP contribution < -0.4 is 11.1 Å². The Morgan fingerprint density at radius 1 is 1.12 bits per heavy atom. The van der Waals surface area contributed by atoms with Gasteiger partial charge < -0.3 is 15.5 Å². The van der Waals surface area contributed by atoms with E-state index in [4.69, 9.17) is 10.2 Å². The largest absolute Gasteiger partial charge is 0.439 e. The summed E-state index contributed by atoms with van der Waals surface area (Å²) in [5.41, 5.74) is 10.3. The number of aryl methyl sites for hydroxylation is 2. The van der Waals surface area contributed by atoms with Crippen molar-refractivity contribution < 1.29 is 4.42 Å². The maximum absolute atomic E-state index is 5.93. The summed E-state index contributed by atoms with van der Waals surface area (Å²) in [5, 5.41) is 3.08. The van der Waals surface area contributed by atoms with Crippen molar-refractivity contribution in [2.24, 2.45) is 10.7 Å². The predicted octanol–water partition coefficient (Wildman–Crippen LogP) is 4.50. The average molecular weight is 448 g/mol. The van der Waals surface area contributed by atoms with Crippen LogP contribution in [-0.4, -0.2) is 10.9 Å². The van der Waals surface area contributed by atoms with Crippen LogP contribution in [0.3, 0.4) is 0 Å². The van der Waals surface area contributed by atoms with Gasteiger partial charge in [-0.15, -0.1) is 24.0 Å². The number of nitrogens with one attached hydrogen (secondary N) is 1. The second kappa shape index (κ2) is 8.66. The molecule has 0 radical (unpaired) electrons. The molecule has 3 rings (SSSR count). The van der Waals surface area contributed by atoms with Crippen LogP contribution in [0.25, 0.3) is 11.3 Å². The molecule has 6 heteroatoms. The Labute approximate surface area is 164 Å². The van der Waals surface area contributed by atoms with Crippen LogP contribution >= 0.6 is 24.0 Å². The zero-order chi connectivity index (χ0) is 16.9. The molecule has 0 amide bonds. The van der Waals surface area contributed by atoms with Crippen LogP contribution in [0.15, 0.2) is 64.1 Å². The first-order chi connectivity index (χ1) is 11.6. The molecule has 0 spiro atoms. The summed E-state index contributed by atoms with van der Waals surface area (Å²) < 4.78 is 5.70. The molecule has 0 atom stereocenters. The number of nitrogens with two attached hydrogens (primary N) is 1. The van der Waals surface area contributed by atoms with Crippen molar-refractivity contribution in [1.29, 1.82) is 0 Å². The Morgan fingerprint density at radius 3 is 2.60 bits per heavy atom. The Morgan fingerprint density at radius 2 is 1.88 bits per heavy atom. The summed E-state index contributed by atoms with van der Waals surface area (Å²) in [6, 6.07) is 15.9. The summed E-state index contributed by atoms with van der Waals surface area (Å²) in [7, 11) is 0. The number of aromatic nitrogens is 1. The van der Waals surface area contributed by atoms with Gasteiger partial charge in [-0.05, 0) is 37.1 Å². The number of benzene rings is 2. The van der Waals surface area contributed by atoms with Crippen LogP contribution in [0, 0.1) is 13.8 Å². The fourth-order valence-corrected chi connectivity index (χ4v) is 2.28. The average Bonchev–Trinajstić information content (AvgIpc) is 3.06. The first-order valence-corrected chi connectivity index (χ1v) is 7.76. The highest BCUT2D eigenvalue weighted by molar-refractivity contribution is 14.0. The van der Waals surface area contributed by atoms with E-state index in [9.17, 15) is 0 Å². The molecule has 0 aliphatic carbocycles. The fraction of sp³-hybridized carbons (Fsp3) is 0.158. The molecule has 2 aromatic carbocycles. The van der Waals surface area contributed by atoms with E-state index < -0.39 is 0 Å². The minimum atomic E-state index is 0. The van der Waals surface area contributed by atoms with Crippen molar-refractivity contribution in [2.45, 2.75) is 20.4 Å². The van der Waals surface area contributed by atoms with Crippen LogP contribution in [-0.2, 0) is 6.54 Å². The van der Waals surface area contributed by atoms with Crippen molar-refractivity contribution in [2.75, 3.05) is 5.32 Å². The van der Waals surface area contributed by atoms with Gasteiger partial charge in [0.25, 0.3) is 0 Å². The molecule has 0 aliphatic rings. The molecular weight excluding hydrogens is 427 g/mol. The van der Waals surface area contributed by atoms with Crippen molar-refractivity contribution in [3.63, 3.8) is 0 Å². The first-order valence-electron chi connectivity index (χ1n) is 7.76. The third-order valence-corrected chi connectivity index (χ3v) is 3.78. The highest BCUT2D eigenvalue weighted by Crippen LogP contribution is 2.20. The van der Waals surface area contributed by atoms with E-state index in [1.807, 2.05) is 48.5 Å². The molecule has 3 aromatic rings. The number of aliphatic imine (C=N–C) groups is 1. The molecule has 0 saturated carbocycles. The lowest BCUT2D eigenvalue weighted by molar-refractivity contribution is 0.510. The Bertz CT molecular complexity index is 859. The van der Waals surface area contributed by atoms with Gasteiger partial charge in [-0.3, -0.25) is 0 Å². The number of halogens is 1. The monoisotopic (exact) mass is 448 g/mol. The van der Waals surface area contributed by atoms with Gasteiger partial charge in [-0.2, -0.15) is 0 Å². The Balaban J connectivity index is 0.00000225. The molecule has 25 heavy (non-hydrogen) atoms. The quantitative estimate of drug-likeness (QED) is 0.350. The molecule has 0 aliphatic heterocycles. The number of anilines is 1. The SMILES string of the molecule is Cc1ccc(NC(N)=NCc2ncc(-c3ccccc3)o2)cc1C.I. The number of hydrogen-bond donors (Lipinski definition) is 2. The van der Waals surface area contributed by atoms with E-state index in [0.29, 0.717) is 11.9 Å². The van der Waals surface area contributed by atoms with Crippen molar-refractivity contribution in [3.8, 4) is 11.3 Å². The van der Waals surface area contributed by atoms with Gasteiger partial charge in [0, 0.05) is 11.3 Å². The highest BCUT2D eigenvalue weighted by atomic mass is 127. The predicted molar refractivity (Wildman–Crippen MR) is 112 cm³/mol. The van der Waals surface area contributed by atoms with E-state index in [2.05, 4.69) is 29.1 Å². The lowest BCUT2D eigenvalue weighted by Gasteiger charge is -2.07. The minimum absolute atomic E-state index is 0. The zero-order valence-electron chi connectivity index (χ0n) is 14.2. The first kappa shape index (κ1) is 19.0. The second-order valence-corrected chi connectivity index (χ2v) is 5.61. The number of oxazole rings is 1. The van der Waals surface area contributed by atoms with E-state index in [0.717, 1.165) is 17.0 Å². The minimum Gasteiger partial charge on any atom is -0.439 e. The maximum atomic E-state index is 5.93. The summed E-state index contributed by atoms with van der Waals surface area (Å²) in [4.78, 5) is 8.52. The fourth-order valence-electron chi connectivity index (χ4n) is 2.28. The maximum Gasteiger partial charge on any atom is 0.216 e. The molecule has 1 heterocycles. The molecule has 3 N–H and O–H groups in total. The van der Waals surface area contributed by atoms with E-state index in [1.165, 1.54) is 11.1 Å². The smallest absolute Gasteiger partial charge is 0.216 e. The molecule has 0 saturated heterocycles. The third-order valence-electron chi connectivity index (χ3n) is 3.78. The summed E-state index contributed by atoms with van der Waals surface area (Å²) in [6.07, 6.45) is 1.70. The number of guanidine groups is 1. The van der Waals surface area contributed by atoms with Gasteiger partial charge in [-0.25, -0.2) is 9.98 Å². The van der Waals surface area contributed by atoms with Crippen LogP contribution in [0.4, 0.5) is 5.69 Å². The molecule has 0 fully saturated rings. The Hall–Kier alpha value is -2.35. The van der Waals surface area contributed by atoms with Gasteiger partial charge >= 0.3 is 0 Å². The Kier molecular flexibility index (Phi) is 6.58. The third kappa shape index (κ3) is 5.06. The van der Waals surface area contributed by atoms with E-state index in [-0.39, 0.29) is 30.5 Å². The lowest BCUT2D eigenvalue weighted by Crippen LogP contribution is -2.22. The molecule has 130 valence electrons. The van der Waals surface area contributed by atoms with Gasteiger partial charge in [0.2, 0.25) is 5.89 Å². The standard InChI is InChI=1S/C19H20N4O.HI/c1-13-8-9-16(10-14(13)2)23-19(20)22-12-18-21-11-17(24-18)15-6-4-3-5-7-15;/h3-11H,12H2,1-2H3,(H3,20,22,23);1H. The molecule has 5 nitrogen and oxygen atoms in total. The number of hydrogen-bond acceptors (Lipinski definition) is 3. The molecule has 0 unspecified atom stereocenters. The highest BCUT2D eigenvalue weighted by Gasteiger charge is 2.05. The van der Waals surface area contributed by atoms with Crippen LogP contribution in [0.5, 0.6) is 0 Å². The van der Waals surface area contributed by atoms with Crippen molar-refractivity contribution in [1.82, 2.24) is 4.98 Å². The normalized spacial score (nSPS) is 11.0. The summed E-state index contributed by atoms with van der Waals surface area (Å²) in [6.45, 7) is 4.42. The van der Waals surface area contributed by atoms with Gasteiger partial charge in [-0.1, -0.05) is 36.4 Å². The van der Waals surface area contributed by atoms with Crippen LogP contribution in [0.2, 0.25) is 0 Å².